The first-order valence-electron chi connectivity index (χ1n) is 7.51. The summed E-state index contributed by atoms with van der Waals surface area (Å²) in [5, 5.41) is 6.40. The van der Waals surface area contributed by atoms with Gasteiger partial charge >= 0.3 is 0 Å². The van der Waals surface area contributed by atoms with Gasteiger partial charge in [-0.15, -0.1) is 0 Å². The number of hydrogen-bond acceptors (Lipinski definition) is 3. The first-order valence-corrected chi connectivity index (χ1v) is 8.31. The van der Waals surface area contributed by atoms with Crippen LogP contribution in [0.15, 0.2) is 22.7 Å². The van der Waals surface area contributed by atoms with E-state index in [1.807, 2.05) is 18.2 Å². The molecule has 21 heavy (non-hydrogen) atoms. The molecule has 1 atom stereocenters. The van der Waals surface area contributed by atoms with Gasteiger partial charge in [-0.05, 0) is 59.4 Å². The summed E-state index contributed by atoms with van der Waals surface area (Å²) >= 11 is 3.47. The molecule has 1 aromatic carbocycles. The fourth-order valence-corrected chi connectivity index (χ4v) is 3.19. The van der Waals surface area contributed by atoms with Crippen molar-refractivity contribution in [3.05, 3.63) is 28.2 Å². The maximum absolute atomic E-state index is 11.9. The van der Waals surface area contributed by atoms with Crippen LogP contribution in [0.2, 0.25) is 0 Å². The van der Waals surface area contributed by atoms with Crippen molar-refractivity contribution in [1.82, 2.24) is 10.6 Å². The number of benzene rings is 1. The van der Waals surface area contributed by atoms with Crippen LogP contribution in [-0.4, -0.2) is 32.1 Å². The lowest BCUT2D eigenvalue weighted by Gasteiger charge is -2.22. The molecule has 1 unspecified atom stereocenters. The van der Waals surface area contributed by atoms with Crippen LogP contribution in [-0.2, 0) is 11.2 Å². The molecule has 1 amide bonds. The fraction of sp³-hybridized carbons (Fsp3) is 0.562. The van der Waals surface area contributed by atoms with E-state index < -0.39 is 0 Å². The zero-order valence-electron chi connectivity index (χ0n) is 12.5. The van der Waals surface area contributed by atoms with Crippen molar-refractivity contribution in [1.29, 1.82) is 0 Å². The first kappa shape index (κ1) is 16.3. The molecule has 1 aliphatic heterocycles. The average molecular weight is 355 g/mol. The molecular formula is C16H23BrN2O2. The second-order valence-corrected chi connectivity index (χ2v) is 6.27. The summed E-state index contributed by atoms with van der Waals surface area (Å²) < 4.78 is 6.15. The Kier molecular flexibility index (Phi) is 6.51. The predicted octanol–water partition coefficient (Wildman–Crippen LogP) is 2.65. The smallest absolute Gasteiger partial charge is 0.221 e. The molecule has 0 aliphatic carbocycles. The average Bonchev–Trinajstić information content (AvgIpc) is 2.48. The molecule has 1 heterocycles. The number of carbonyl (C=O) groups excluding carboxylic acids is 1. The monoisotopic (exact) mass is 354 g/mol. The number of ether oxygens (including phenoxy) is 1. The maximum atomic E-state index is 11.9. The van der Waals surface area contributed by atoms with E-state index in [1.54, 1.807) is 7.11 Å². The van der Waals surface area contributed by atoms with E-state index in [2.05, 4.69) is 26.6 Å². The van der Waals surface area contributed by atoms with Crippen molar-refractivity contribution in [2.24, 2.45) is 0 Å². The molecule has 2 N–H and O–H groups in total. The lowest BCUT2D eigenvalue weighted by atomic mass is 10.0. The number of amides is 1. The van der Waals surface area contributed by atoms with E-state index in [4.69, 9.17) is 4.74 Å². The van der Waals surface area contributed by atoms with Gasteiger partial charge in [0.25, 0.3) is 0 Å². The normalized spacial score (nSPS) is 18.3. The lowest BCUT2D eigenvalue weighted by Crippen LogP contribution is -2.39. The van der Waals surface area contributed by atoms with Gasteiger partial charge in [0, 0.05) is 19.0 Å². The molecule has 0 bridgehead atoms. The van der Waals surface area contributed by atoms with E-state index in [0.717, 1.165) is 29.6 Å². The topological polar surface area (TPSA) is 50.4 Å². The number of hydrogen-bond donors (Lipinski definition) is 2. The molecule has 1 aromatic rings. The molecule has 1 fully saturated rings. The fourth-order valence-electron chi connectivity index (χ4n) is 2.61. The zero-order valence-corrected chi connectivity index (χ0v) is 14.0. The minimum absolute atomic E-state index is 0.141. The molecule has 5 heteroatoms. The second-order valence-electron chi connectivity index (χ2n) is 5.42. The highest BCUT2D eigenvalue weighted by molar-refractivity contribution is 9.10. The van der Waals surface area contributed by atoms with Crippen LogP contribution in [0.25, 0.3) is 0 Å². The summed E-state index contributed by atoms with van der Waals surface area (Å²) in [5.74, 6) is 0.966. The van der Waals surface area contributed by atoms with Crippen LogP contribution in [0.4, 0.5) is 0 Å². The molecule has 1 aliphatic rings. The summed E-state index contributed by atoms with van der Waals surface area (Å²) in [7, 11) is 1.65. The van der Waals surface area contributed by atoms with Crippen molar-refractivity contribution in [2.45, 2.75) is 38.1 Å². The highest BCUT2D eigenvalue weighted by Gasteiger charge is 2.15. The van der Waals surface area contributed by atoms with E-state index in [9.17, 15) is 4.79 Å². The van der Waals surface area contributed by atoms with Gasteiger partial charge in [0.2, 0.25) is 5.91 Å². The van der Waals surface area contributed by atoms with E-state index in [-0.39, 0.29) is 5.91 Å². The van der Waals surface area contributed by atoms with Gasteiger partial charge in [-0.1, -0.05) is 12.5 Å². The van der Waals surface area contributed by atoms with E-state index in [0.29, 0.717) is 19.0 Å². The predicted molar refractivity (Wildman–Crippen MR) is 87.7 cm³/mol. The third-order valence-electron chi connectivity index (χ3n) is 3.80. The molecule has 116 valence electrons. The van der Waals surface area contributed by atoms with Gasteiger partial charge in [0.1, 0.15) is 5.75 Å². The number of methoxy groups -OCH3 is 1. The Hall–Kier alpha value is -1.07. The Balaban J connectivity index is 1.70. The van der Waals surface area contributed by atoms with Gasteiger partial charge in [0.05, 0.1) is 11.6 Å². The number of piperidine rings is 1. The Morgan fingerprint density at radius 1 is 1.48 bits per heavy atom. The molecule has 4 nitrogen and oxygen atoms in total. The second kappa shape index (κ2) is 8.39. The third-order valence-corrected chi connectivity index (χ3v) is 4.42. The molecule has 0 aromatic heterocycles. The summed E-state index contributed by atoms with van der Waals surface area (Å²) in [6, 6.07) is 6.35. The Bertz CT molecular complexity index is 473. The van der Waals surface area contributed by atoms with Crippen LogP contribution < -0.4 is 15.4 Å². The van der Waals surface area contributed by atoms with Crippen LogP contribution in [0.3, 0.4) is 0 Å². The first-order chi connectivity index (χ1) is 10.2. The number of nitrogens with one attached hydrogen (secondary N) is 2. The summed E-state index contributed by atoms with van der Waals surface area (Å²) in [6.45, 7) is 1.71. The summed E-state index contributed by atoms with van der Waals surface area (Å²) in [6.07, 6.45) is 4.98. The molecule has 0 spiro atoms. The molecule has 0 saturated carbocycles. The van der Waals surface area contributed by atoms with Crippen molar-refractivity contribution >= 4 is 21.8 Å². The highest BCUT2D eigenvalue weighted by Crippen LogP contribution is 2.25. The standard InChI is InChI=1S/C16H23BrN2O2/c1-21-15-6-5-12(10-14(15)17)7-9-19-16(20)11-13-4-2-3-8-18-13/h5-6,10,13,18H,2-4,7-9,11H2,1H3,(H,19,20). The quantitative estimate of drug-likeness (QED) is 0.825. The zero-order chi connectivity index (χ0) is 15.1. The van der Waals surface area contributed by atoms with Crippen molar-refractivity contribution in [2.75, 3.05) is 20.2 Å². The number of rotatable bonds is 6. The molecule has 2 rings (SSSR count). The van der Waals surface area contributed by atoms with Gasteiger partial charge in [-0.2, -0.15) is 0 Å². The third kappa shape index (κ3) is 5.32. The van der Waals surface area contributed by atoms with E-state index >= 15 is 0 Å². The number of halogens is 1. The minimum Gasteiger partial charge on any atom is -0.496 e. The van der Waals surface area contributed by atoms with Gasteiger partial charge in [-0.3, -0.25) is 4.79 Å². The largest absolute Gasteiger partial charge is 0.496 e. The van der Waals surface area contributed by atoms with Crippen molar-refractivity contribution < 1.29 is 9.53 Å². The minimum atomic E-state index is 0.141. The van der Waals surface area contributed by atoms with Crippen molar-refractivity contribution in [3.8, 4) is 5.75 Å². The van der Waals surface area contributed by atoms with Crippen LogP contribution in [0, 0.1) is 0 Å². The van der Waals surface area contributed by atoms with Crippen LogP contribution in [0.1, 0.15) is 31.2 Å². The van der Waals surface area contributed by atoms with Gasteiger partial charge in [0.15, 0.2) is 0 Å². The maximum Gasteiger partial charge on any atom is 0.221 e. The molecular weight excluding hydrogens is 332 g/mol. The lowest BCUT2D eigenvalue weighted by molar-refractivity contribution is -0.121. The SMILES string of the molecule is COc1ccc(CCNC(=O)CC2CCCCN2)cc1Br. The molecule has 1 saturated heterocycles. The summed E-state index contributed by atoms with van der Waals surface area (Å²) in [5.41, 5.74) is 1.18. The highest BCUT2D eigenvalue weighted by atomic mass is 79.9. The Morgan fingerprint density at radius 2 is 2.33 bits per heavy atom. The van der Waals surface area contributed by atoms with Crippen LogP contribution in [0.5, 0.6) is 5.75 Å². The Morgan fingerprint density at radius 3 is 3.00 bits per heavy atom. The molecule has 0 radical (unpaired) electrons. The Labute approximate surface area is 134 Å². The van der Waals surface area contributed by atoms with Crippen molar-refractivity contribution in [3.63, 3.8) is 0 Å². The summed E-state index contributed by atoms with van der Waals surface area (Å²) in [4.78, 5) is 11.9. The van der Waals surface area contributed by atoms with Gasteiger partial charge < -0.3 is 15.4 Å². The van der Waals surface area contributed by atoms with Gasteiger partial charge in [-0.25, -0.2) is 0 Å². The number of carbonyl (C=O) groups is 1. The van der Waals surface area contributed by atoms with E-state index in [1.165, 1.54) is 18.4 Å². The van der Waals surface area contributed by atoms with Crippen LogP contribution >= 0.6 is 15.9 Å².